The van der Waals surface area contributed by atoms with Gasteiger partial charge in [-0.25, -0.2) is 4.98 Å². The summed E-state index contributed by atoms with van der Waals surface area (Å²) < 4.78 is 0. The molecule has 2 rings (SSSR count). The van der Waals surface area contributed by atoms with Crippen LogP contribution in [0.25, 0.3) is 0 Å². The zero-order chi connectivity index (χ0) is 17.4. The molecule has 24 heavy (non-hydrogen) atoms. The predicted octanol–water partition coefficient (Wildman–Crippen LogP) is 3.81. The fourth-order valence-corrected chi connectivity index (χ4v) is 2.31. The summed E-state index contributed by atoms with van der Waals surface area (Å²) >= 11 is 0. The molecule has 2 N–H and O–H groups in total. The van der Waals surface area contributed by atoms with Gasteiger partial charge in [0.15, 0.2) is 0 Å². The van der Waals surface area contributed by atoms with Gasteiger partial charge in [0.05, 0.1) is 0 Å². The quantitative estimate of drug-likeness (QED) is 0.724. The van der Waals surface area contributed by atoms with Crippen LogP contribution in [0.15, 0.2) is 42.6 Å². The zero-order valence-corrected chi connectivity index (χ0v) is 14.7. The number of carbonyl (C=O) groups excluding carboxylic acids is 1. The van der Waals surface area contributed by atoms with Crippen molar-refractivity contribution >= 4 is 23.1 Å². The number of pyridine rings is 1. The van der Waals surface area contributed by atoms with Crippen molar-refractivity contribution in [3.05, 3.63) is 48.2 Å². The van der Waals surface area contributed by atoms with E-state index < -0.39 is 0 Å². The Labute approximate surface area is 144 Å². The number of rotatable bonds is 8. The third-order valence-electron chi connectivity index (χ3n) is 3.74. The lowest BCUT2D eigenvalue weighted by Crippen LogP contribution is -2.24. The van der Waals surface area contributed by atoms with Crippen molar-refractivity contribution in [2.75, 3.05) is 30.9 Å². The molecule has 128 valence electrons. The molecule has 0 bridgehead atoms. The maximum atomic E-state index is 12.2. The van der Waals surface area contributed by atoms with Crippen LogP contribution in [0.3, 0.4) is 0 Å². The minimum Gasteiger partial charge on any atom is -0.378 e. The lowest BCUT2D eigenvalue weighted by atomic mass is 10.2. The first-order valence-corrected chi connectivity index (χ1v) is 8.39. The second-order valence-corrected chi connectivity index (χ2v) is 5.96. The highest BCUT2D eigenvalue weighted by Crippen LogP contribution is 2.19. The first kappa shape index (κ1) is 17.8. The first-order chi connectivity index (χ1) is 11.6. The second-order valence-electron chi connectivity index (χ2n) is 5.96. The molecule has 1 aromatic carbocycles. The van der Waals surface area contributed by atoms with E-state index in [1.807, 2.05) is 43.3 Å². The van der Waals surface area contributed by atoms with Crippen molar-refractivity contribution in [1.29, 1.82) is 0 Å². The lowest BCUT2D eigenvalue weighted by Gasteiger charge is -2.13. The van der Waals surface area contributed by atoms with E-state index in [4.69, 9.17) is 0 Å². The Morgan fingerprint density at radius 2 is 1.88 bits per heavy atom. The summed E-state index contributed by atoms with van der Waals surface area (Å²) in [5.74, 6) is 0.605. The van der Waals surface area contributed by atoms with Gasteiger partial charge in [-0.3, -0.25) is 4.79 Å². The zero-order valence-electron chi connectivity index (χ0n) is 14.7. The van der Waals surface area contributed by atoms with Gasteiger partial charge in [0, 0.05) is 43.8 Å². The molecule has 5 nitrogen and oxygen atoms in total. The van der Waals surface area contributed by atoms with E-state index in [0.717, 1.165) is 30.6 Å². The summed E-state index contributed by atoms with van der Waals surface area (Å²) in [6.45, 7) is 2.86. The molecular weight excluding hydrogens is 300 g/mol. The van der Waals surface area contributed by atoms with Gasteiger partial charge in [-0.15, -0.1) is 0 Å². The number of benzene rings is 1. The van der Waals surface area contributed by atoms with Gasteiger partial charge in [-0.1, -0.05) is 19.8 Å². The normalized spacial score (nSPS) is 10.3. The molecule has 0 saturated heterocycles. The number of anilines is 3. The number of nitrogens with zero attached hydrogens (tertiary/aromatic N) is 2. The summed E-state index contributed by atoms with van der Waals surface area (Å²) in [5, 5.41) is 6.18. The topological polar surface area (TPSA) is 57.3 Å². The summed E-state index contributed by atoms with van der Waals surface area (Å²) in [6.07, 6.45) is 4.94. The summed E-state index contributed by atoms with van der Waals surface area (Å²) in [4.78, 5) is 18.5. The maximum absolute atomic E-state index is 12.2. The molecule has 0 radical (unpaired) electrons. The fourth-order valence-electron chi connectivity index (χ4n) is 2.31. The SMILES string of the molecule is CCCCCNC(=O)c1ccnc(Nc2ccc(N(C)C)cc2)c1. The Bertz CT molecular complexity index is 653. The van der Waals surface area contributed by atoms with E-state index in [0.29, 0.717) is 17.9 Å². The van der Waals surface area contributed by atoms with E-state index in [1.54, 1.807) is 18.3 Å². The number of amides is 1. The van der Waals surface area contributed by atoms with Crippen LogP contribution in [0, 0.1) is 0 Å². The van der Waals surface area contributed by atoms with Gasteiger partial charge in [0.25, 0.3) is 5.91 Å². The Morgan fingerprint density at radius 3 is 2.54 bits per heavy atom. The Kier molecular flexibility index (Phi) is 6.61. The standard InChI is InChI=1S/C19H26N4O/c1-4-5-6-12-21-19(24)15-11-13-20-18(14-15)22-16-7-9-17(10-8-16)23(2)3/h7-11,13-14H,4-6,12H2,1-3H3,(H,20,22)(H,21,24). The predicted molar refractivity (Wildman–Crippen MR) is 100 cm³/mol. The van der Waals surface area contributed by atoms with Crippen LogP contribution in [0.5, 0.6) is 0 Å². The highest BCUT2D eigenvalue weighted by Gasteiger charge is 2.06. The highest BCUT2D eigenvalue weighted by molar-refractivity contribution is 5.94. The lowest BCUT2D eigenvalue weighted by molar-refractivity contribution is 0.0953. The van der Waals surface area contributed by atoms with Crippen molar-refractivity contribution in [3.8, 4) is 0 Å². The van der Waals surface area contributed by atoms with Crippen LogP contribution in [0.2, 0.25) is 0 Å². The van der Waals surface area contributed by atoms with Crippen molar-refractivity contribution in [2.45, 2.75) is 26.2 Å². The molecule has 0 fully saturated rings. The molecule has 0 spiro atoms. The molecule has 0 unspecified atom stereocenters. The van der Waals surface area contributed by atoms with Crippen LogP contribution in [0.1, 0.15) is 36.5 Å². The Balaban J connectivity index is 1.98. The summed E-state index contributed by atoms with van der Waals surface area (Å²) in [5.41, 5.74) is 2.69. The molecule has 2 aromatic rings. The van der Waals surface area contributed by atoms with Gasteiger partial charge in [0.1, 0.15) is 5.82 Å². The molecule has 0 aliphatic heterocycles. The average molecular weight is 326 g/mol. The number of hydrogen-bond acceptors (Lipinski definition) is 4. The summed E-state index contributed by atoms with van der Waals surface area (Å²) in [7, 11) is 4.01. The molecule has 5 heteroatoms. The van der Waals surface area contributed by atoms with E-state index in [-0.39, 0.29) is 5.91 Å². The van der Waals surface area contributed by atoms with E-state index in [1.165, 1.54) is 0 Å². The maximum Gasteiger partial charge on any atom is 0.251 e. The van der Waals surface area contributed by atoms with E-state index in [2.05, 4.69) is 22.5 Å². The number of unbranched alkanes of at least 4 members (excludes halogenated alkanes) is 2. The van der Waals surface area contributed by atoms with Crippen molar-refractivity contribution in [2.24, 2.45) is 0 Å². The summed E-state index contributed by atoms with van der Waals surface area (Å²) in [6, 6.07) is 11.6. The average Bonchev–Trinajstić information content (AvgIpc) is 2.59. The molecule has 0 aliphatic rings. The highest BCUT2D eigenvalue weighted by atomic mass is 16.1. The number of aromatic nitrogens is 1. The minimum absolute atomic E-state index is 0.0560. The molecule has 0 aliphatic carbocycles. The fraction of sp³-hybridized carbons (Fsp3) is 0.368. The molecule has 1 aromatic heterocycles. The molecule has 0 saturated carbocycles. The van der Waals surface area contributed by atoms with Gasteiger partial charge in [-0.2, -0.15) is 0 Å². The molecule has 0 atom stereocenters. The smallest absolute Gasteiger partial charge is 0.251 e. The van der Waals surface area contributed by atoms with Crippen molar-refractivity contribution in [3.63, 3.8) is 0 Å². The Morgan fingerprint density at radius 1 is 1.12 bits per heavy atom. The van der Waals surface area contributed by atoms with Gasteiger partial charge in [-0.05, 0) is 42.8 Å². The van der Waals surface area contributed by atoms with Crippen LogP contribution in [-0.2, 0) is 0 Å². The van der Waals surface area contributed by atoms with Crippen molar-refractivity contribution in [1.82, 2.24) is 10.3 Å². The Hall–Kier alpha value is -2.56. The van der Waals surface area contributed by atoms with Crippen LogP contribution < -0.4 is 15.5 Å². The van der Waals surface area contributed by atoms with Crippen LogP contribution in [-0.4, -0.2) is 31.5 Å². The molecular formula is C19H26N4O. The van der Waals surface area contributed by atoms with Crippen LogP contribution >= 0.6 is 0 Å². The number of hydrogen-bond donors (Lipinski definition) is 2. The van der Waals surface area contributed by atoms with Gasteiger partial charge in [0.2, 0.25) is 0 Å². The largest absolute Gasteiger partial charge is 0.378 e. The van der Waals surface area contributed by atoms with Crippen molar-refractivity contribution < 1.29 is 4.79 Å². The van der Waals surface area contributed by atoms with E-state index >= 15 is 0 Å². The molecule has 1 heterocycles. The molecule has 1 amide bonds. The number of nitrogens with one attached hydrogen (secondary N) is 2. The van der Waals surface area contributed by atoms with Crippen LogP contribution in [0.4, 0.5) is 17.2 Å². The first-order valence-electron chi connectivity index (χ1n) is 8.39. The second kappa shape index (κ2) is 8.91. The third-order valence-corrected chi connectivity index (χ3v) is 3.74. The third kappa shape index (κ3) is 5.26. The van der Waals surface area contributed by atoms with Gasteiger partial charge >= 0.3 is 0 Å². The van der Waals surface area contributed by atoms with Gasteiger partial charge < -0.3 is 15.5 Å². The number of carbonyl (C=O) groups is 1. The minimum atomic E-state index is -0.0560. The monoisotopic (exact) mass is 326 g/mol. The van der Waals surface area contributed by atoms with E-state index in [9.17, 15) is 4.79 Å².